The highest BCUT2D eigenvalue weighted by Crippen LogP contribution is 2.44. The molecule has 2 aliphatic rings. The van der Waals surface area contributed by atoms with Crippen LogP contribution in [0.15, 0.2) is 12.1 Å². The van der Waals surface area contributed by atoms with Gasteiger partial charge in [-0.25, -0.2) is 0 Å². The molecule has 2 aliphatic heterocycles. The number of nitrogens with zero attached hydrogens (tertiary/aromatic N) is 1. The number of benzene rings is 1. The summed E-state index contributed by atoms with van der Waals surface area (Å²) in [6, 6.07) is 4.55. The summed E-state index contributed by atoms with van der Waals surface area (Å²) in [4.78, 5) is 14.0. The van der Waals surface area contributed by atoms with Crippen molar-refractivity contribution in [2.75, 3.05) is 27.3 Å². The van der Waals surface area contributed by atoms with Crippen molar-refractivity contribution < 1.29 is 14.3 Å². The minimum atomic E-state index is 0.172. The molecule has 0 spiro atoms. The second-order valence-corrected chi connectivity index (χ2v) is 6.37. The molecular weight excluding hydrogens is 278 g/mol. The summed E-state index contributed by atoms with van der Waals surface area (Å²) in [6.07, 6.45) is 4.20. The quantitative estimate of drug-likeness (QED) is 0.802. The standard InChI is InChI=1S/C18H25NO3/c1-4-12-10-19-6-5-13-8-17(21-2)18(22-3)9-15(13)16(19)7-14(12)11-20/h8-9,11-12,14,16H,4-7,10H2,1-3H3. The van der Waals surface area contributed by atoms with Gasteiger partial charge in [-0.2, -0.15) is 0 Å². The molecule has 0 bridgehead atoms. The SMILES string of the molecule is CCC1CN2CCc3cc(OC)c(OC)cc3C2CC1C=O. The van der Waals surface area contributed by atoms with E-state index in [1.54, 1.807) is 14.2 Å². The Morgan fingerprint density at radius 3 is 2.64 bits per heavy atom. The van der Waals surface area contributed by atoms with E-state index in [9.17, 15) is 4.79 Å². The predicted octanol–water partition coefficient (Wildman–Crippen LogP) is 2.85. The molecule has 1 aromatic carbocycles. The molecule has 1 saturated heterocycles. The number of fused-ring (bicyclic) bond motifs is 3. The molecule has 4 nitrogen and oxygen atoms in total. The second kappa shape index (κ2) is 6.29. The summed E-state index contributed by atoms with van der Waals surface area (Å²) in [5.41, 5.74) is 2.64. The zero-order valence-electron chi connectivity index (χ0n) is 13.7. The van der Waals surface area contributed by atoms with Gasteiger partial charge in [0.1, 0.15) is 6.29 Å². The van der Waals surface area contributed by atoms with Gasteiger partial charge in [-0.1, -0.05) is 13.3 Å². The van der Waals surface area contributed by atoms with Crippen LogP contribution in [0.25, 0.3) is 0 Å². The van der Waals surface area contributed by atoms with Crippen molar-refractivity contribution in [1.29, 1.82) is 0 Å². The fourth-order valence-corrected chi connectivity index (χ4v) is 4.06. The van der Waals surface area contributed by atoms with Gasteiger partial charge in [0.15, 0.2) is 11.5 Å². The maximum absolute atomic E-state index is 11.5. The molecule has 120 valence electrons. The van der Waals surface area contributed by atoms with Gasteiger partial charge >= 0.3 is 0 Å². The first-order valence-corrected chi connectivity index (χ1v) is 8.15. The van der Waals surface area contributed by atoms with E-state index in [1.165, 1.54) is 17.4 Å². The number of methoxy groups -OCH3 is 2. The highest BCUT2D eigenvalue weighted by atomic mass is 16.5. The van der Waals surface area contributed by atoms with Crippen LogP contribution in [-0.2, 0) is 11.2 Å². The molecule has 22 heavy (non-hydrogen) atoms. The topological polar surface area (TPSA) is 38.8 Å². The molecule has 0 radical (unpaired) electrons. The Balaban J connectivity index is 1.96. The fourth-order valence-electron chi connectivity index (χ4n) is 4.06. The van der Waals surface area contributed by atoms with Crippen LogP contribution >= 0.6 is 0 Å². The number of hydrogen-bond donors (Lipinski definition) is 0. The van der Waals surface area contributed by atoms with Crippen LogP contribution in [0.4, 0.5) is 0 Å². The van der Waals surface area contributed by atoms with Crippen LogP contribution in [-0.4, -0.2) is 38.5 Å². The van der Waals surface area contributed by atoms with Crippen molar-refractivity contribution >= 4 is 6.29 Å². The van der Waals surface area contributed by atoms with E-state index in [2.05, 4.69) is 24.0 Å². The summed E-state index contributed by atoms with van der Waals surface area (Å²) in [5, 5.41) is 0. The highest BCUT2D eigenvalue weighted by molar-refractivity contribution is 5.56. The molecule has 3 atom stereocenters. The van der Waals surface area contributed by atoms with Gasteiger partial charge in [0.05, 0.1) is 14.2 Å². The first kappa shape index (κ1) is 15.3. The van der Waals surface area contributed by atoms with Crippen LogP contribution < -0.4 is 9.47 Å². The maximum Gasteiger partial charge on any atom is 0.161 e. The predicted molar refractivity (Wildman–Crippen MR) is 85.5 cm³/mol. The van der Waals surface area contributed by atoms with E-state index in [0.29, 0.717) is 12.0 Å². The van der Waals surface area contributed by atoms with Crippen LogP contribution in [0.3, 0.4) is 0 Å². The lowest BCUT2D eigenvalue weighted by atomic mass is 9.76. The molecular formula is C18H25NO3. The fraction of sp³-hybridized carbons (Fsp3) is 0.611. The van der Waals surface area contributed by atoms with Crippen molar-refractivity contribution in [2.24, 2.45) is 11.8 Å². The normalized spacial score (nSPS) is 27.7. The molecule has 3 rings (SSSR count). The second-order valence-electron chi connectivity index (χ2n) is 6.37. The molecule has 1 aromatic rings. The van der Waals surface area contributed by atoms with E-state index in [1.807, 2.05) is 0 Å². The summed E-state index contributed by atoms with van der Waals surface area (Å²) >= 11 is 0. The van der Waals surface area contributed by atoms with Crippen LogP contribution in [0.5, 0.6) is 11.5 Å². The molecule has 0 saturated carbocycles. The van der Waals surface area contributed by atoms with E-state index in [0.717, 1.165) is 43.9 Å². The number of carbonyl (C=O) groups excluding carboxylic acids is 1. The number of ether oxygens (including phenoxy) is 2. The summed E-state index contributed by atoms with van der Waals surface area (Å²) in [5.74, 6) is 2.24. The van der Waals surface area contributed by atoms with Crippen LogP contribution in [0.1, 0.15) is 36.9 Å². The maximum atomic E-state index is 11.5. The highest BCUT2D eigenvalue weighted by Gasteiger charge is 2.38. The summed E-state index contributed by atoms with van der Waals surface area (Å²) in [6.45, 7) is 4.28. The monoisotopic (exact) mass is 303 g/mol. The summed E-state index contributed by atoms with van der Waals surface area (Å²) < 4.78 is 10.9. The third-order valence-electron chi connectivity index (χ3n) is 5.38. The van der Waals surface area contributed by atoms with Crippen molar-refractivity contribution in [2.45, 2.75) is 32.2 Å². The van der Waals surface area contributed by atoms with Gasteiger partial charge in [-0.05, 0) is 42.0 Å². The van der Waals surface area contributed by atoms with Gasteiger partial charge in [0.2, 0.25) is 0 Å². The Hall–Kier alpha value is -1.55. The van der Waals surface area contributed by atoms with E-state index >= 15 is 0 Å². The lowest BCUT2D eigenvalue weighted by Gasteiger charge is -2.46. The zero-order valence-corrected chi connectivity index (χ0v) is 13.7. The Kier molecular flexibility index (Phi) is 4.39. The Morgan fingerprint density at radius 1 is 1.27 bits per heavy atom. The van der Waals surface area contributed by atoms with Gasteiger partial charge in [0, 0.05) is 25.0 Å². The Bertz CT molecular complexity index is 558. The lowest BCUT2D eigenvalue weighted by Crippen LogP contribution is -2.46. The Morgan fingerprint density at radius 2 is 2.00 bits per heavy atom. The summed E-state index contributed by atoms with van der Waals surface area (Å²) in [7, 11) is 3.35. The molecule has 2 heterocycles. The van der Waals surface area contributed by atoms with Gasteiger partial charge in [-0.3, -0.25) is 4.90 Å². The number of piperidine rings is 1. The van der Waals surface area contributed by atoms with Gasteiger partial charge in [0.25, 0.3) is 0 Å². The molecule has 1 fully saturated rings. The molecule has 0 N–H and O–H groups in total. The largest absolute Gasteiger partial charge is 0.493 e. The molecule has 0 aliphatic carbocycles. The number of rotatable bonds is 4. The molecule has 3 unspecified atom stereocenters. The smallest absolute Gasteiger partial charge is 0.161 e. The number of carbonyl (C=O) groups is 1. The van der Waals surface area contributed by atoms with Crippen molar-refractivity contribution in [1.82, 2.24) is 4.90 Å². The zero-order chi connectivity index (χ0) is 15.7. The molecule has 4 heteroatoms. The molecule has 0 aromatic heterocycles. The van der Waals surface area contributed by atoms with Crippen LogP contribution in [0, 0.1) is 11.8 Å². The van der Waals surface area contributed by atoms with Crippen molar-refractivity contribution in [3.63, 3.8) is 0 Å². The number of hydrogen-bond acceptors (Lipinski definition) is 4. The van der Waals surface area contributed by atoms with E-state index < -0.39 is 0 Å². The van der Waals surface area contributed by atoms with Gasteiger partial charge in [-0.15, -0.1) is 0 Å². The third kappa shape index (κ3) is 2.50. The average Bonchev–Trinajstić information content (AvgIpc) is 2.58. The minimum Gasteiger partial charge on any atom is -0.493 e. The minimum absolute atomic E-state index is 0.172. The first-order valence-electron chi connectivity index (χ1n) is 8.15. The van der Waals surface area contributed by atoms with E-state index in [-0.39, 0.29) is 5.92 Å². The Labute approximate surface area is 132 Å². The third-order valence-corrected chi connectivity index (χ3v) is 5.38. The first-order chi connectivity index (χ1) is 10.7. The lowest BCUT2D eigenvalue weighted by molar-refractivity contribution is -0.115. The molecule has 0 amide bonds. The van der Waals surface area contributed by atoms with Gasteiger partial charge < -0.3 is 14.3 Å². The van der Waals surface area contributed by atoms with Crippen LogP contribution in [0.2, 0.25) is 0 Å². The number of aldehydes is 1. The van der Waals surface area contributed by atoms with Crippen molar-refractivity contribution in [3.8, 4) is 11.5 Å². The average molecular weight is 303 g/mol. The van der Waals surface area contributed by atoms with E-state index in [4.69, 9.17) is 9.47 Å². The van der Waals surface area contributed by atoms with Crippen molar-refractivity contribution in [3.05, 3.63) is 23.3 Å².